The summed E-state index contributed by atoms with van der Waals surface area (Å²) in [5, 5.41) is 24.3. The topological polar surface area (TPSA) is 187 Å². The fraction of sp³-hybridized carbons (Fsp3) is 0.286. The number of alkyl halides is 6. The van der Waals surface area contributed by atoms with Gasteiger partial charge in [-0.1, -0.05) is 29.8 Å². The van der Waals surface area contributed by atoms with Crippen molar-refractivity contribution in [2.24, 2.45) is 5.92 Å². The molecule has 5 N–H and O–H groups in total. The second-order valence-electron chi connectivity index (χ2n) is 12.1. The van der Waals surface area contributed by atoms with Crippen LogP contribution in [-0.4, -0.2) is 79.3 Å². The van der Waals surface area contributed by atoms with E-state index in [1.54, 1.807) is 12.4 Å². The van der Waals surface area contributed by atoms with Crippen LogP contribution in [0, 0.1) is 5.92 Å². The van der Waals surface area contributed by atoms with E-state index in [0.717, 1.165) is 47.5 Å². The third-order valence-corrected chi connectivity index (χ3v) is 8.18. The molecule has 2 aliphatic rings. The van der Waals surface area contributed by atoms with Crippen LogP contribution in [0.1, 0.15) is 40.7 Å². The van der Waals surface area contributed by atoms with Gasteiger partial charge in [-0.05, 0) is 79.1 Å². The van der Waals surface area contributed by atoms with Crippen LogP contribution in [0.3, 0.4) is 0 Å². The van der Waals surface area contributed by atoms with E-state index in [0.29, 0.717) is 48.3 Å². The number of hydrogen-bond acceptors (Lipinski definition) is 9. The zero-order chi connectivity index (χ0) is 40.3. The number of aryl methyl sites for hydroxylation is 2. The average Bonchev–Trinajstić information content (AvgIpc) is 3.13. The van der Waals surface area contributed by atoms with Gasteiger partial charge in [-0.3, -0.25) is 14.6 Å². The number of carbonyl (C=O) groups is 4. The number of benzene rings is 2. The Balaban J connectivity index is 0.000000410. The van der Waals surface area contributed by atoms with Gasteiger partial charge in [-0.15, -0.1) is 0 Å². The predicted octanol–water partition coefficient (Wildman–Crippen LogP) is 7.26. The molecule has 2 aliphatic heterocycles. The van der Waals surface area contributed by atoms with E-state index in [2.05, 4.69) is 30.9 Å². The van der Waals surface area contributed by atoms with Crippen LogP contribution >= 0.6 is 11.6 Å². The highest BCUT2D eigenvalue weighted by Gasteiger charge is 2.39. The molecule has 0 saturated carbocycles. The molecule has 1 fully saturated rings. The Morgan fingerprint density at radius 2 is 1.55 bits per heavy atom. The summed E-state index contributed by atoms with van der Waals surface area (Å²) in [6.07, 6.45) is -1.48. The molecule has 1 saturated heterocycles. The fourth-order valence-electron chi connectivity index (χ4n) is 5.40. The molecular weight excluding hydrogens is 764 g/mol. The highest BCUT2D eigenvalue weighted by Crippen LogP contribution is 2.30. The normalized spacial score (nSPS) is 15.0. The lowest BCUT2D eigenvalue weighted by Crippen LogP contribution is -2.40. The molecule has 0 aliphatic carbocycles. The Hall–Kier alpha value is -5.98. The van der Waals surface area contributed by atoms with Crippen LogP contribution in [0.4, 0.5) is 55.2 Å². The SMILES string of the molecule is O=C(C[C@@H]1CCCN(C(=O)c2ccccc2)C1)Nc1ccc2cc1CCc1cncc(c1)Nc1ncc(Cl)c(n1)N2.O=C(O)C(F)(F)F.O=C(O)C(F)(F)F. The van der Waals surface area contributed by atoms with Crippen LogP contribution in [0.2, 0.25) is 5.02 Å². The number of fused-ring (bicyclic) bond motifs is 6. The van der Waals surface area contributed by atoms with Crippen molar-refractivity contribution in [3.05, 3.63) is 94.9 Å². The van der Waals surface area contributed by atoms with E-state index in [4.69, 9.17) is 31.4 Å². The highest BCUT2D eigenvalue weighted by atomic mass is 35.5. The Morgan fingerprint density at radius 3 is 2.20 bits per heavy atom. The maximum atomic E-state index is 13.2. The first kappa shape index (κ1) is 41.8. The third kappa shape index (κ3) is 12.8. The lowest BCUT2D eigenvalue weighted by atomic mass is 9.93. The number of hydrogen-bond donors (Lipinski definition) is 5. The van der Waals surface area contributed by atoms with Crippen molar-refractivity contribution in [1.82, 2.24) is 19.9 Å². The molecule has 1 atom stereocenters. The van der Waals surface area contributed by atoms with Crippen molar-refractivity contribution in [2.75, 3.05) is 29.0 Å². The number of carboxylic acids is 2. The van der Waals surface area contributed by atoms with Crippen LogP contribution in [0.25, 0.3) is 0 Å². The Kier molecular flexibility index (Phi) is 14.0. The van der Waals surface area contributed by atoms with Crippen molar-refractivity contribution >= 4 is 64.2 Å². The minimum absolute atomic E-state index is 0.0229. The van der Waals surface area contributed by atoms with Crippen LogP contribution < -0.4 is 16.0 Å². The molecule has 292 valence electrons. The summed E-state index contributed by atoms with van der Waals surface area (Å²) < 4.78 is 63.5. The number of carboxylic acid groups (broad SMARTS) is 2. The molecule has 0 spiro atoms. The summed E-state index contributed by atoms with van der Waals surface area (Å²) in [4.78, 5) is 59.0. The van der Waals surface area contributed by atoms with Crippen molar-refractivity contribution in [3.8, 4) is 0 Å². The number of aliphatic carboxylic acids is 2. The molecule has 0 radical (unpaired) electrons. The highest BCUT2D eigenvalue weighted by molar-refractivity contribution is 6.32. The summed E-state index contributed by atoms with van der Waals surface area (Å²) in [7, 11) is 0. The van der Waals surface area contributed by atoms with E-state index in [1.807, 2.05) is 65.7 Å². The molecule has 0 unspecified atom stereocenters. The Labute approximate surface area is 313 Å². The van der Waals surface area contributed by atoms with Gasteiger partial charge < -0.3 is 31.1 Å². The zero-order valence-corrected chi connectivity index (χ0v) is 29.2. The first-order valence-corrected chi connectivity index (χ1v) is 16.6. The minimum Gasteiger partial charge on any atom is -0.475 e. The number of carbonyl (C=O) groups excluding carboxylic acids is 2. The average molecular weight is 796 g/mol. The van der Waals surface area contributed by atoms with Gasteiger partial charge in [-0.25, -0.2) is 14.6 Å². The molecule has 2 aromatic heterocycles. The second-order valence-corrected chi connectivity index (χ2v) is 12.5. The summed E-state index contributed by atoms with van der Waals surface area (Å²) in [5.74, 6) is -4.55. The van der Waals surface area contributed by atoms with Gasteiger partial charge in [0.2, 0.25) is 11.9 Å². The number of amides is 2. The van der Waals surface area contributed by atoms with Crippen molar-refractivity contribution < 1.29 is 55.7 Å². The van der Waals surface area contributed by atoms with E-state index in [-0.39, 0.29) is 17.7 Å². The molecular formula is C35H32ClF6N7O6. The monoisotopic (exact) mass is 795 g/mol. The summed E-state index contributed by atoms with van der Waals surface area (Å²) in [6.45, 7) is 1.30. The van der Waals surface area contributed by atoms with Gasteiger partial charge in [0.25, 0.3) is 5.91 Å². The van der Waals surface area contributed by atoms with Gasteiger partial charge in [0, 0.05) is 42.6 Å². The van der Waals surface area contributed by atoms with Crippen molar-refractivity contribution in [2.45, 2.75) is 44.5 Å². The zero-order valence-electron chi connectivity index (χ0n) is 28.4. The van der Waals surface area contributed by atoms with Crippen molar-refractivity contribution in [1.29, 1.82) is 0 Å². The maximum absolute atomic E-state index is 13.2. The lowest BCUT2D eigenvalue weighted by molar-refractivity contribution is -0.193. The second kappa shape index (κ2) is 18.4. The molecule has 55 heavy (non-hydrogen) atoms. The number of likely N-dealkylation sites (tertiary alicyclic amines) is 1. The van der Waals surface area contributed by atoms with Gasteiger partial charge in [0.15, 0.2) is 5.82 Å². The third-order valence-electron chi connectivity index (χ3n) is 7.91. The van der Waals surface area contributed by atoms with Gasteiger partial charge >= 0.3 is 24.3 Å². The number of rotatable bonds is 4. The predicted molar refractivity (Wildman–Crippen MR) is 187 cm³/mol. The number of nitrogens with one attached hydrogen (secondary N) is 3. The molecule has 4 aromatic rings. The fourth-order valence-corrected chi connectivity index (χ4v) is 5.53. The molecule has 6 rings (SSSR count). The van der Waals surface area contributed by atoms with Crippen LogP contribution in [0.15, 0.2) is 73.2 Å². The largest absolute Gasteiger partial charge is 0.490 e. The molecule has 13 nitrogen and oxygen atoms in total. The number of halogens is 7. The molecule has 2 amide bonds. The summed E-state index contributed by atoms with van der Waals surface area (Å²) >= 11 is 6.38. The summed E-state index contributed by atoms with van der Waals surface area (Å²) in [5.41, 5.74) is 5.06. The molecule has 6 bridgehead atoms. The minimum atomic E-state index is -5.08. The standard InChI is InChI=1S/C31H30ClN7O2.2C2HF3O2/c32-26-18-34-31-36-25-13-20(16-33-17-25)8-9-23-15-24(35-29(26)38-31)10-11-27(23)37-28(40)14-21-5-4-12-39(19-21)30(41)22-6-2-1-3-7-22;2*3-2(4,5)1(6)7/h1-3,6-7,10-11,13,15-18,21H,4-5,8-9,12,14,19H2,(H,37,40)(H2,34,35,36,38);2*(H,6,7)/t21-;;/m0../s1. The van der Waals surface area contributed by atoms with E-state index in [1.165, 1.54) is 0 Å². The van der Waals surface area contributed by atoms with Crippen LogP contribution in [-0.2, 0) is 27.2 Å². The quantitative estimate of drug-likeness (QED) is 0.131. The van der Waals surface area contributed by atoms with E-state index in [9.17, 15) is 35.9 Å². The first-order chi connectivity index (χ1) is 25.9. The Morgan fingerprint density at radius 1 is 0.873 bits per heavy atom. The van der Waals surface area contributed by atoms with Crippen molar-refractivity contribution in [3.63, 3.8) is 0 Å². The number of piperidine rings is 1. The molecule has 20 heteroatoms. The number of anilines is 5. The van der Waals surface area contributed by atoms with Gasteiger partial charge in [0.1, 0.15) is 5.02 Å². The number of aromatic nitrogens is 3. The smallest absolute Gasteiger partial charge is 0.475 e. The molecule has 4 heterocycles. The van der Waals surface area contributed by atoms with Gasteiger partial charge in [0.05, 0.1) is 18.1 Å². The summed E-state index contributed by atoms with van der Waals surface area (Å²) in [6, 6.07) is 17.2. The van der Waals surface area contributed by atoms with Crippen LogP contribution in [0.5, 0.6) is 0 Å². The van der Waals surface area contributed by atoms with Gasteiger partial charge in [-0.2, -0.15) is 31.3 Å². The number of pyridine rings is 1. The lowest BCUT2D eigenvalue weighted by Gasteiger charge is -2.32. The first-order valence-electron chi connectivity index (χ1n) is 16.3. The van der Waals surface area contributed by atoms with E-state index < -0.39 is 24.3 Å². The maximum Gasteiger partial charge on any atom is 0.490 e. The molecule has 2 aromatic carbocycles. The Bertz CT molecular complexity index is 1980. The van der Waals surface area contributed by atoms with E-state index >= 15 is 0 Å². The number of nitrogens with zero attached hydrogens (tertiary/aromatic N) is 4.